The van der Waals surface area contributed by atoms with E-state index < -0.39 is 36.7 Å². The Bertz CT molecular complexity index is 514. The van der Waals surface area contributed by atoms with Gasteiger partial charge in [0, 0.05) is 7.05 Å². The van der Waals surface area contributed by atoms with Crippen LogP contribution in [0.2, 0.25) is 0 Å². The third-order valence-corrected chi connectivity index (χ3v) is 5.25. The van der Waals surface area contributed by atoms with Crippen LogP contribution in [0.15, 0.2) is 0 Å². The van der Waals surface area contributed by atoms with Crippen LogP contribution in [0.1, 0.15) is 26.7 Å². The fraction of sp³-hybridized carbons (Fsp3) is 0.889. The van der Waals surface area contributed by atoms with Crippen molar-refractivity contribution < 1.29 is 32.1 Å². The van der Waals surface area contributed by atoms with Crippen molar-refractivity contribution in [1.29, 1.82) is 0 Å². The van der Waals surface area contributed by atoms with E-state index in [1.54, 1.807) is 0 Å². The van der Waals surface area contributed by atoms with Gasteiger partial charge in [0.25, 0.3) is 5.91 Å². The molecular weight excluding hydrogens is 311 g/mol. The maximum atomic E-state index is 12.0. The first kappa shape index (κ1) is 17.5. The topological polar surface area (TPSA) is 124 Å². The Balaban J connectivity index is 2.86. The zero-order chi connectivity index (χ0) is 15.7. The lowest BCUT2D eigenvalue weighted by Crippen LogP contribution is -2.34. The Kier molecular flexibility index (Phi) is 5.34. The van der Waals surface area contributed by atoms with Crippen molar-refractivity contribution in [2.45, 2.75) is 32.7 Å². The summed E-state index contributed by atoms with van der Waals surface area (Å²) in [4.78, 5) is 29.2. The smallest absolute Gasteiger partial charge is 0.303 e. The molecule has 1 amide bonds. The number of carbonyl (C=O) groups excluding carboxylic acids is 1. The molecule has 1 atom stereocenters. The van der Waals surface area contributed by atoms with E-state index in [0.29, 0.717) is 23.1 Å². The average molecular weight is 330 g/mol. The Labute approximate surface area is 117 Å². The summed E-state index contributed by atoms with van der Waals surface area (Å²) in [6.07, 6.45) is 1.00. The Morgan fingerprint density at radius 2 is 1.95 bits per heavy atom. The van der Waals surface area contributed by atoms with Crippen LogP contribution in [0.4, 0.5) is 0 Å². The summed E-state index contributed by atoms with van der Waals surface area (Å²) in [5.41, 5.74) is 0. The van der Waals surface area contributed by atoms with E-state index in [1.807, 2.05) is 13.8 Å². The summed E-state index contributed by atoms with van der Waals surface area (Å²) < 4.78 is 39.9. The van der Waals surface area contributed by atoms with Crippen LogP contribution < -0.4 is 0 Å². The van der Waals surface area contributed by atoms with Gasteiger partial charge in [-0.3, -0.25) is 9.32 Å². The van der Waals surface area contributed by atoms with Crippen molar-refractivity contribution in [3.05, 3.63) is 0 Å². The zero-order valence-electron chi connectivity index (χ0n) is 11.5. The van der Waals surface area contributed by atoms with E-state index in [1.165, 1.54) is 7.05 Å². The molecule has 20 heavy (non-hydrogen) atoms. The number of amides is 1. The summed E-state index contributed by atoms with van der Waals surface area (Å²) >= 11 is 0. The molecule has 0 radical (unpaired) electrons. The molecule has 0 bridgehead atoms. The standard InChI is InChI=1S/C9H19N2O7PS/c1-7(2)4-5-8-9(12)11(6-18-19(13,14)15)20(16,17)10(8)3/h7-8H,4-6H2,1-3H3,(H2,13,14,15). The molecular formula is C9H19N2O7PS. The average Bonchev–Trinajstić information content (AvgIpc) is 2.41. The Hall–Kier alpha value is -0.510. The minimum atomic E-state index is -4.85. The highest BCUT2D eigenvalue weighted by Gasteiger charge is 2.48. The third-order valence-electron chi connectivity index (χ3n) is 2.97. The summed E-state index contributed by atoms with van der Waals surface area (Å²) in [5, 5.41) is 0. The predicted molar refractivity (Wildman–Crippen MR) is 69.4 cm³/mol. The van der Waals surface area contributed by atoms with Crippen molar-refractivity contribution in [2.24, 2.45) is 5.92 Å². The lowest BCUT2D eigenvalue weighted by Gasteiger charge is -2.16. The van der Waals surface area contributed by atoms with Crippen LogP contribution in [0.25, 0.3) is 0 Å². The second-order valence-electron chi connectivity index (χ2n) is 4.95. The molecule has 11 heteroatoms. The zero-order valence-corrected chi connectivity index (χ0v) is 13.2. The van der Waals surface area contributed by atoms with Gasteiger partial charge in [0.1, 0.15) is 12.8 Å². The maximum Gasteiger partial charge on any atom is 0.471 e. The van der Waals surface area contributed by atoms with Gasteiger partial charge < -0.3 is 9.79 Å². The number of hydrogen-bond donors (Lipinski definition) is 2. The molecule has 2 N–H and O–H groups in total. The van der Waals surface area contributed by atoms with Crippen molar-refractivity contribution in [3.63, 3.8) is 0 Å². The van der Waals surface area contributed by atoms with Crippen LogP contribution in [0.3, 0.4) is 0 Å². The highest BCUT2D eigenvalue weighted by molar-refractivity contribution is 7.87. The minimum Gasteiger partial charge on any atom is -0.303 e. The second-order valence-corrected chi connectivity index (χ2v) is 8.10. The van der Waals surface area contributed by atoms with Crippen molar-refractivity contribution in [2.75, 3.05) is 13.8 Å². The molecule has 1 unspecified atom stereocenters. The molecule has 118 valence electrons. The number of phosphoric ester groups is 1. The van der Waals surface area contributed by atoms with Gasteiger partial charge in [0.2, 0.25) is 0 Å². The SMILES string of the molecule is CC(C)CCC1C(=O)N(COP(=O)(O)O)S(=O)(=O)N1C. The lowest BCUT2D eigenvalue weighted by atomic mass is 10.0. The predicted octanol–water partition coefficient (Wildman–Crippen LogP) is -0.123. The second kappa shape index (κ2) is 6.08. The molecule has 0 aliphatic carbocycles. The molecule has 1 saturated heterocycles. The van der Waals surface area contributed by atoms with E-state index in [9.17, 15) is 17.8 Å². The molecule has 1 aliphatic rings. The molecule has 1 fully saturated rings. The van der Waals surface area contributed by atoms with Crippen LogP contribution in [-0.4, -0.2) is 52.5 Å². The maximum absolute atomic E-state index is 12.0. The number of rotatable bonds is 6. The largest absolute Gasteiger partial charge is 0.471 e. The Morgan fingerprint density at radius 1 is 1.40 bits per heavy atom. The normalized spacial score (nSPS) is 23.8. The van der Waals surface area contributed by atoms with Crippen LogP contribution >= 0.6 is 7.82 Å². The van der Waals surface area contributed by atoms with Gasteiger partial charge in [-0.15, -0.1) is 0 Å². The molecule has 0 spiro atoms. The number of likely N-dealkylation sites (N-methyl/N-ethyl adjacent to an activating group) is 1. The summed E-state index contributed by atoms with van der Waals surface area (Å²) in [6.45, 7) is 2.90. The first-order valence-electron chi connectivity index (χ1n) is 5.96. The van der Waals surface area contributed by atoms with E-state index in [0.717, 1.165) is 4.31 Å². The minimum absolute atomic E-state index is 0.305. The molecule has 0 aromatic heterocycles. The number of nitrogens with zero attached hydrogens (tertiary/aromatic N) is 2. The van der Waals surface area contributed by atoms with Gasteiger partial charge >= 0.3 is 18.0 Å². The van der Waals surface area contributed by atoms with Gasteiger partial charge in [-0.25, -0.2) is 4.57 Å². The number of phosphoric acid groups is 1. The van der Waals surface area contributed by atoms with Gasteiger partial charge in [0.05, 0.1) is 0 Å². The lowest BCUT2D eigenvalue weighted by molar-refractivity contribution is -0.129. The first-order valence-corrected chi connectivity index (χ1v) is 8.89. The summed E-state index contributed by atoms with van der Waals surface area (Å²) in [5.74, 6) is -0.430. The van der Waals surface area contributed by atoms with Crippen LogP contribution in [-0.2, 0) is 24.1 Å². The number of hydrogen-bond acceptors (Lipinski definition) is 5. The van der Waals surface area contributed by atoms with Crippen molar-refractivity contribution in [3.8, 4) is 0 Å². The van der Waals surface area contributed by atoms with E-state index in [4.69, 9.17) is 9.79 Å². The molecule has 1 rings (SSSR count). The fourth-order valence-corrected chi connectivity index (χ4v) is 3.51. The summed E-state index contributed by atoms with van der Waals surface area (Å²) in [6, 6.07) is -0.859. The quantitative estimate of drug-likeness (QED) is 0.650. The fourth-order valence-electron chi connectivity index (χ4n) is 1.81. The van der Waals surface area contributed by atoms with E-state index in [2.05, 4.69) is 4.52 Å². The van der Waals surface area contributed by atoms with Crippen molar-refractivity contribution in [1.82, 2.24) is 8.61 Å². The molecule has 1 aliphatic heterocycles. The first-order chi connectivity index (χ1) is 8.97. The third kappa shape index (κ3) is 4.00. The monoisotopic (exact) mass is 330 g/mol. The van der Waals surface area contributed by atoms with Gasteiger partial charge in [-0.1, -0.05) is 13.8 Å². The Morgan fingerprint density at radius 3 is 2.40 bits per heavy atom. The van der Waals surface area contributed by atoms with Gasteiger partial charge in [-0.05, 0) is 18.8 Å². The highest BCUT2D eigenvalue weighted by atomic mass is 32.2. The van der Waals surface area contributed by atoms with Crippen LogP contribution in [0, 0.1) is 5.92 Å². The molecule has 0 aromatic rings. The number of carbonyl (C=O) groups is 1. The summed E-state index contributed by atoms with van der Waals surface area (Å²) in [7, 11) is -7.67. The van der Waals surface area contributed by atoms with E-state index >= 15 is 0 Å². The molecule has 9 nitrogen and oxygen atoms in total. The van der Waals surface area contributed by atoms with Gasteiger partial charge in [-0.2, -0.15) is 17.0 Å². The van der Waals surface area contributed by atoms with E-state index in [-0.39, 0.29) is 0 Å². The molecule has 0 saturated carbocycles. The molecule has 1 heterocycles. The molecule has 0 aromatic carbocycles. The van der Waals surface area contributed by atoms with Crippen molar-refractivity contribution >= 4 is 23.9 Å². The van der Waals surface area contributed by atoms with Crippen LogP contribution in [0.5, 0.6) is 0 Å². The van der Waals surface area contributed by atoms with Gasteiger partial charge in [0.15, 0.2) is 0 Å². The highest BCUT2D eigenvalue weighted by Crippen LogP contribution is 2.37.